The molecule has 0 saturated heterocycles. The Hall–Kier alpha value is -2.76. The summed E-state index contributed by atoms with van der Waals surface area (Å²) in [6.07, 6.45) is 0.964. The summed E-state index contributed by atoms with van der Waals surface area (Å²) < 4.78 is 15.8. The van der Waals surface area contributed by atoms with Crippen molar-refractivity contribution in [2.75, 3.05) is 14.2 Å². The number of carbonyl (C=O) groups is 2. The smallest absolute Gasteiger partial charge is 0.340 e. The minimum Gasteiger partial charge on any atom is -0.497 e. The first-order chi connectivity index (χ1) is 12.3. The van der Waals surface area contributed by atoms with Crippen molar-refractivity contribution in [3.8, 4) is 5.75 Å². The van der Waals surface area contributed by atoms with Gasteiger partial charge in [0.2, 0.25) is 5.88 Å². The van der Waals surface area contributed by atoms with Crippen molar-refractivity contribution in [3.63, 3.8) is 0 Å². The number of Topliss-reactive ketones (excluding diaryl/α,β-unsaturated/α-hetero) is 1. The van der Waals surface area contributed by atoms with Gasteiger partial charge in [0.15, 0.2) is 5.78 Å². The number of esters is 1. The second kappa shape index (κ2) is 6.52. The Balaban J connectivity index is 2.17. The summed E-state index contributed by atoms with van der Waals surface area (Å²) >= 11 is 0. The zero-order valence-corrected chi connectivity index (χ0v) is 15.4. The monoisotopic (exact) mass is 357 g/mol. The first kappa shape index (κ1) is 18.0. The number of methoxy groups -OCH3 is 2. The van der Waals surface area contributed by atoms with Gasteiger partial charge in [0.25, 0.3) is 0 Å². The summed E-state index contributed by atoms with van der Waals surface area (Å²) in [6.45, 7) is 4.02. The molecule has 2 aliphatic rings. The molecule has 0 fully saturated rings. The first-order valence-corrected chi connectivity index (χ1v) is 8.43. The fourth-order valence-corrected chi connectivity index (χ4v) is 3.62. The van der Waals surface area contributed by atoms with Crippen LogP contribution < -0.4 is 10.5 Å². The van der Waals surface area contributed by atoms with Gasteiger partial charge in [-0.1, -0.05) is 26.0 Å². The van der Waals surface area contributed by atoms with Crippen LogP contribution in [0.15, 0.2) is 47.1 Å². The van der Waals surface area contributed by atoms with E-state index in [1.165, 1.54) is 7.11 Å². The molecule has 0 radical (unpaired) electrons. The average Bonchev–Trinajstić information content (AvgIpc) is 2.59. The number of carbonyl (C=O) groups excluding carboxylic acids is 2. The highest BCUT2D eigenvalue weighted by Crippen LogP contribution is 2.48. The fourth-order valence-electron chi connectivity index (χ4n) is 3.62. The molecule has 6 heteroatoms. The molecule has 138 valence electrons. The van der Waals surface area contributed by atoms with Gasteiger partial charge < -0.3 is 19.9 Å². The van der Waals surface area contributed by atoms with Gasteiger partial charge in [-0.3, -0.25) is 4.79 Å². The molecule has 0 unspecified atom stereocenters. The zero-order valence-electron chi connectivity index (χ0n) is 15.4. The third-order valence-electron chi connectivity index (χ3n) is 4.81. The number of allylic oxidation sites excluding steroid dienone is 2. The molecule has 1 aromatic carbocycles. The molecule has 1 heterocycles. The third kappa shape index (κ3) is 3.07. The molecule has 0 bridgehead atoms. The van der Waals surface area contributed by atoms with Crippen LogP contribution in [0.4, 0.5) is 0 Å². The summed E-state index contributed by atoms with van der Waals surface area (Å²) in [6, 6.07) is 7.21. The highest BCUT2D eigenvalue weighted by Gasteiger charge is 2.44. The van der Waals surface area contributed by atoms with Crippen LogP contribution in [-0.4, -0.2) is 26.0 Å². The average molecular weight is 357 g/mol. The maximum atomic E-state index is 12.9. The molecule has 1 aliphatic carbocycles. The topological polar surface area (TPSA) is 87.9 Å². The summed E-state index contributed by atoms with van der Waals surface area (Å²) in [5.41, 5.74) is 7.26. The second-order valence-corrected chi connectivity index (χ2v) is 7.36. The van der Waals surface area contributed by atoms with E-state index in [0.717, 1.165) is 5.56 Å². The van der Waals surface area contributed by atoms with Gasteiger partial charge in [-0.2, -0.15) is 0 Å². The molecular formula is C20H23NO5. The van der Waals surface area contributed by atoms with E-state index < -0.39 is 11.9 Å². The van der Waals surface area contributed by atoms with E-state index in [-0.39, 0.29) is 22.7 Å². The van der Waals surface area contributed by atoms with E-state index in [1.807, 2.05) is 26.0 Å². The largest absolute Gasteiger partial charge is 0.497 e. The van der Waals surface area contributed by atoms with Gasteiger partial charge in [-0.15, -0.1) is 0 Å². The maximum absolute atomic E-state index is 12.9. The molecule has 0 aromatic heterocycles. The molecule has 1 atom stereocenters. The molecule has 0 amide bonds. The van der Waals surface area contributed by atoms with Gasteiger partial charge in [0.1, 0.15) is 17.1 Å². The van der Waals surface area contributed by atoms with Crippen molar-refractivity contribution in [1.29, 1.82) is 0 Å². The van der Waals surface area contributed by atoms with Crippen LogP contribution in [0.5, 0.6) is 5.75 Å². The third-order valence-corrected chi connectivity index (χ3v) is 4.81. The predicted molar refractivity (Wildman–Crippen MR) is 95.1 cm³/mol. The van der Waals surface area contributed by atoms with Gasteiger partial charge >= 0.3 is 5.97 Å². The summed E-state index contributed by atoms with van der Waals surface area (Å²) in [4.78, 5) is 25.3. The summed E-state index contributed by atoms with van der Waals surface area (Å²) in [7, 11) is 2.86. The maximum Gasteiger partial charge on any atom is 0.340 e. The van der Waals surface area contributed by atoms with E-state index >= 15 is 0 Å². The van der Waals surface area contributed by atoms with Crippen molar-refractivity contribution in [2.45, 2.75) is 32.6 Å². The molecule has 6 nitrogen and oxygen atoms in total. The van der Waals surface area contributed by atoms with Gasteiger partial charge in [-0.25, -0.2) is 4.79 Å². The number of rotatable bonds is 3. The Morgan fingerprint density at radius 3 is 2.42 bits per heavy atom. The quantitative estimate of drug-likeness (QED) is 0.837. The minimum absolute atomic E-state index is 0.0121. The van der Waals surface area contributed by atoms with Crippen LogP contribution in [0.25, 0.3) is 0 Å². The van der Waals surface area contributed by atoms with Crippen molar-refractivity contribution in [2.24, 2.45) is 11.1 Å². The van der Waals surface area contributed by atoms with Crippen molar-refractivity contribution >= 4 is 11.8 Å². The SMILES string of the molecule is COC(=O)C1=C(N)OC2=C(C(=O)CC(C)(C)C2)[C@H]1c1ccc(OC)cc1. The lowest BCUT2D eigenvalue weighted by atomic mass is 9.70. The lowest BCUT2D eigenvalue weighted by Crippen LogP contribution is -2.35. The van der Waals surface area contributed by atoms with E-state index in [0.29, 0.717) is 29.9 Å². The van der Waals surface area contributed by atoms with Crippen LogP contribution in [0.1, 0.15) is 38.2 Å². The number of benzene rings is 1. The standard InChI is InChI=1S/C20H23NO5/c1-20(2)9-13(22)16-14(10-20)26-18(21)17(19(23)25-4)15(16)11-5-7-12(24-3)8-6-11/h5-8,15H,9-10,21H2,1-4H3/t15-/m1/s1. The lowest BCUT2D eigenvalue weighted by Gasteiger charge is -2.37. The Morgan fingerprint density at radius 2 is 1.85 bits per heavy atom. The summed E-state index contributed by atoms with van der Waals surface area (Å²) in [5, 5.41) is 0. The summed E-state index contributed by atoms with van der Waals surface area (Å²) in [5.74, 6) is -0.0407. The Kier molecular flexibility index (Phi) is 4.52. The fraction of sp³-hybridized carbons (Fsp3) is 0.400. The normalized spacial score (nSPS) is 21.8. The van der Waals surface area contributed by atoms with Gasteiger partial charge in [0, 0.05) is 18.4 Å². The van der Waals surface area contributed by atoms with Gasteiger partial charge in [0.05, 0.1) is 20.1 Å². The molecule has 1 aromatic rings. The number of hydrogen-bond donors (Lipinski definition) is 1. The van der Waals surface area contributed by atoms with E-state index in [2.05, 4.69) is 0 Å². The van der Waals surface area contributed by atoms with Crippen molar-refractivity contribution in [1.82, 2.24) is 0 Å². The van der Waals surface area contributed by atoms with Crippen LogP contribution in [0.3, 0.4) is 0 Å². The second-order valence-electron chi connectivity index (χ2n) is 7.36. The van der Waals surface area contributed by atoms with E-state index in [9.17, 15) is 9.59 Å². The Labute approximate surface area is 152 Å². The number of ketones is 1. The lowest BCUT2D eigenvalue weighted by molar-refractivity contribution is -0.136. The zero-order chi connectivity index (χ0) is 19.1. The highest BCUT2D eigenvalue weighted by atomic mass is 16.5. The molecule has 0 spiro atoms. The molecule has 0 saturated carbocycles. The Bertz CT molecular complexity index is 817. The minimum atomic E-state index is -0.610. The number of ether oxygens (including phenoxy) is 3. The van der Waals surface area contributed by atoms with Gasteiger partial charge in [-0.05, 0) is 23.1 Å². The first-order valence-electron chi connectivity index (χ1n) is 8.43. The van der Waals surface area contributed by atoms with Crippen LogP contribution in [0, 0.1) is 5.41 Å². The van der Waals surface area contributed by atoms with E-state index in [1.54, 1.807) is 19.2 Å². The molecule has 3 rings (SSSR count). The van der Waals surface area contributed by atoms with Crippen LogP contribution in [-0.2, 0) is 19.1 Å². The Morgan fingerprint density at radius 1 is 1.19 bits per heavy atom. The molecule has 1 aliphatic heterocycles. The number of nitrogens with two attached hydrogens (primary N) is 1. The molecule has 2 N–H and O–H groups in total. The number of hydrogen-bond acceptors (Lipinski definition) is 6. The van der Waals surface area contributed by atoms with Crippen LogP contribution in [0.2, 0.25) is 0 Å². The van der Waals surface area contributed by atoms with Crippen molar-refractivity contribution < 1.29 is 23.8 Å². The van der Waals surface area contributed by atoms with E-state index in [4.69, 9.17) is 19.9 Å². The molecule has 26 heavy (non-hydrogen) atoms. The predicted octanol–water partition coefficient (Wildman–Crippen LogP) is 2.80. The van der Waals surface area contributed by atoms with Crippen molar-refractivity contribution in [3.05, 3.63) is 52.6 Å². The molecular weight excluding hydrogens is 334 g/mol. The highest BCUT2D eigenvalue weighted by molar-refractivity contribution is 6.03. The van der Waals surface area contributed by atoms with Crippen LogP contribution >= 0.6 is 0 Å².